The number of hydrogen-bond donors (Lipinski definition) is 1. The molecule has 1 N–H and O–H groups in total. The Morgan fingerprint density at radius 3 is 2.64 bits per heavy atom. The molecule has 0 amide bonds. The van der Waals surface area contributed by atoms with Crippen LogP contribution in [0.3, 0.4) is 0 Å². The molecular weight excluding hydrogens is 190 g/mol. The fourth-order valence-electron chi connectivity index (χ4n) is 1.47. The van der Waals surface area contributed by atoms with Crippen LogP contribution in [0.4, 0.5) is 0 Å². The van der Waals surface area contributed by atoms with Crippen molar-refractivity contribution in [3.63, 3.8) is 0 Å². The highest BCUT2D eigenvalue weighted by atomic mass is 32.2. The quantitative estimate of drug-likeness (QED) is 0.594. The third-order valence-electron chi connectivity index (χ3n) is 2.15. The Balaban J connectivity index is 2.36. The molecular formula is C12H11NS. The van der Waals surface area contributed by atoms with Crippen LogP contribution in [0.5, 0.6) is 0 Å². The summed E-state index contributed by atoms with van der Waals surface area (Å²) in [6.07, 6.45) is 0. The van der Waals surface area contributed by atoms with Crippen molar-refractivity contribution in [1.29, 1.82) is 5.41 Å². The average molecular weight is 201 g/mol. The van der Waals surface area contributed by atoms with Crippen LogP contribution in [-0.2, 0) is 5.75 Å². The van der Waals surface area contributed by atoms with Crippen molar-refractivity contribution in [1.82, 2.24) is 0 Å². The molecule has 0 unspecified atom stereocenters. The second-order valence-electron chi connectivity index (χ2n) is 3.11. The van der Waals surface area contributed by atoms with Crippen molar-refractivity contribution in [2.75, 3.05) is 0 Å². The first-order chi connectivity index (χ1) is 6.90. The molecule has 0 bridgehead atoms. The second-order valence-corrected chi connectivity index (χ2v) is 3.97. The minimum atomic E-state index is 0.883. The molecule has 0 fully saturated rings. The van der Waals surface area contributed by atoms with Crippen LogP contribution >= 0.6 is 11.8 Å². The van der Waals surface area contributed by atoms with E-state index in [4.69, 9.17) is 5.41 Å². The predicted octanol–water partition coefficient (Wildman–Crippen LogP) is 3.68. The summed E-state index contributed by atoms with van der Waals surface area (Å²) in [5, 5.41) is 9.50. The SMILES string of the molecule is N=CSCc1ccc2ccccc2c1. The first-order valence-electron chi connectivity index (χ1n) is 4.48. The van der Waals surface area contributed by atoms with Crippen molar-refractivity contribution >= 4 is 28.1 Å². The lowest BCUT2D eigenvalue weighted by atomic mass is 10.1. The van der Waals surface area contributed by atoms with E-state index in [0.29, 0.717) is 0 Å². The van der Waals surface area contributed by atoms with E-state index in [0.717, 1.165) is 5.75 Å². The van der Waals surface area contributed by atoms with E-state index >= 15 is 0 Å². The molecule has 0 saturated heterocycles. The molecule has 2 aromatic carbocycles. The highest BCUT2D eigenvalue weighted by molar-refractivity contribution is 8.11. The summed E-state index contributed by atoms with van der Waals surface area (Å²) in [6, 6.07) is 14.8. The number of thioether (sulfide) groups is 1. The van der Waals surface area contributed by atoms with E-state index in [1.807, 2.05) is 6.07 Å². The van der Waals surface area contributed by atoms with Crippen molar-refractivity contribution in [2.24, 2.45) is 0 Å². The minimum absolute atomic E-state index is 0.883. The summed E-state index contributed by atoms with van der Waals surface area (Å²) in [5.41, 5.74) is 2.66. The van der Waals surface area contributed by atoms with Gasteiger partial charge in [-0.1, -0.05) is 42.5 Å². The highest BCUT2D eigenvalue weighted by Gasteiger charge is 1.95. The highest BCUT2D eigenvalue weighted by Crippen LogP contribution is 2.18. The van der Waals surface area contributed by atoms with Gasteiger partial charge in [0.05, 0.1) is 5.55 Å². The van der Waals surface area contributed by atoms with Crippen LogP contribution in [0, 0.1) is 5.41 Å². The Kier molecular flexibility index (Phi) is 2.84. The fourth-order valence-corrected chi connectivity index (χ4v) is 1.92. The maximum absolute atomic E-state index is 6.95. The monoisotopic (exact) mass is 201 g/mol. The van der Waals surface area contributed by atoms with Gasteiger partial charge in [-0.05, 0) is 16.3 Å². The molecule has 0 radical (unpaired) electrons. The fraction of sp³-hybridized carbons (Fsp3) is 0.0833. The zero-order valence-electron chi connectivity index (χ0n) is 7.73. The first kappa shape index (κ1) is 9.28. The summed E-state index contributed by atoms with van der Waals surface area (Å²) in [7, 11) is 0. The van der Waals surface area contributed by atoms with Gasteiger partial charge in [-0.2, -0.15) is 0 Å². The molecule has 0 aliphatic rings. The largest absolute Gasteiger partial charge is 0.302 e. The van der Waals surface area contributed by atoms with Crippen molar-refractivity contribution < 1.29 is 0 Å². The van der Waals surface area contributed by atoms with Crippen LogP contribution in [0.1, 0.15) is 5.56 Å². The molecule has 70 valence electrons. The molecule has 14 heavy (non-hydrogen) atoms. The van der Waals surface area contributed by atoms with Gasteiger partial charge < -0.3 is 5.41 Å². The van der Waals surface area contributed by atoms with Gasteiger partial charge in [0.1, 0.15) is 0 Å². The summed E-state index contributed by atoms with van der Waals surface area (Å²) in [4.78, 5) is 0. The van der Waals surface area contributed by atoms with Gasteiger partial charge in [0, 0.05) is 5.75 Å². The van der Waals surface area contributed by atoms with Gasteiger partial charge in [0.2, 0.25) is 0 Å². The number of hydrogen-bond acceptors (Lipinski definition) is 2. The topological polar surface area (TPSA) is 23.9 Å². The summed E-state index contributed by atoms with van der Waals surface area (Å²) >= 11 is 1.51. The van der Waals surface area contributed by atoms with Crippen LogP contribution < -0.4 is 0 Å². The Labute approximate surface area is 87.7 Å². The predicted molar refractivity (Wildman–Crippen MR) is 64.0 cm³/mol. The Morgan fingerprint density at radius 2 is 1.86 bits per heavy atom. The summed E-state index contributed by atoms with van der Waals surface area (Å²) < 4.78 is 0. The van der Waals surface area contributed by atoms with Gasteiger partial charge in [0.15, 0.2) is 0 Å². The lowest BCUT2D eigenvalue weighted by Crippen LogP contribution is -1.80. The van der Waals surface area contributed by atoms with Crippen molar-refractivity contribution in [3.8, 4) is 0 Å². The molecule has 0 spiro atoms. The Hall–Kier alpha value is -1.28. The molecule has 0 heterocycles. The van der Waals surface area contributed by atoms with Crippen molar-refractivity contribution in [3.05, 3.63) is 48.0 Å². The minimum Gasteiger partial charge on any atom is -0.302 e. The lowest BCUT2D eigenvalue weighted by molar-refractivity contribution is 1.45. The molecule has 1 nitrogen and oxygen atoms in total. The van der Waals surface area contributed by atoms with Crippen LogP contribution in [0.15, 0.2) is 42.5 Å². The Bertz CT molecular complexity index is 451. The summed E-state index contributed by atoms with van der Waals surface area (Å²) in [6.45, 7) is 0. The second kappa shape index (κ2) is 4.29. The van der Waals surface area contributed by atoms with E-state index in [1.165, 1.54) is 33.6 Å². The zero-order chi connectivity index (χ0) is 9.80. The smallest absolute Gasteiger partial charge is 0.0509 e. The van der Waals surface area contributed by atoms with E-state index in [1.54, 1.807) is 0 Å². The van der Waals surface area contributed by atoms with E-state index in [-0.39, 0.29) is 0 Å². The third-order valence-corrected chi connectivity index (χ3v) is 2.81. The van der Waals surface area contributed by atoms with E-state index in [2.05, 4.69) is 36.4 Å². The van der Waals surface area contributed by atoms with E-state index < -0.39 is 0 Å². The number of fused-ring (bicyclic) bond motifs is 1. The molecule has 0 aromatic heterocycles. The number of nitrogens with one attached hydrogen (secondary N) is 1. The van der Waals surface area contributed by atoms with Gasteiger partial charge in [-0.25, -0.2) is 0 Å². The molecule has 0 atom stereocenters. The number of benzene rings is 2. The third kappa shape index (κ3) is 1.96. The molecule has 2 heteroatoms. The lowest BCUT2D eigenvalue weighted by Gasteiger charge is -2.01. The van der Waals surface area contributed by atoms with E-state index in [9.17, 15) is 0 Å². The zero-order valence-corrected chi connectivity index (χ0v) is 8.55. The molecule has 2 rings (SSSR count). The van der Waals surface area contributed by atoms with Crippen LogP contribution in [0.2, 0.25) is 0 Å². The maximum atomic E-state index is 6.95. The van der Waals surface area contributed by atoms with Crippen LogP contribution in [0.25, 0.3) is 10.8 Å². The summed E-state index contributed by atoms with van der Waals surface area (Å²) in [5.74, 6) is 0.883. The average Bonchev–Trinajstić information content (AvgIpc) is 2.26. The molecule has 0 aliphatic carbocycles. The van der Waals surface area contributed by atoms with Gasteiger partial charge in [-0.3, -0.25) is 0 Å². The van der Waals surface area contributed by atoms with Gasteiger partial charge in [0.25, 0.3) is 0 Å². The first-order valence-corrected chi connectivity index (χ1v) is 5.53. The molecule has 0 aliphatic heterocycles. The molecule has 0 saturated carbocycles. The maximum Gasteiger partial charge on any atom is 0.0509 e. The Morgan fingerprint density at radius 1 is 1.07 bits per heavy atom. The van der Waals surface area contributed by atoms with Crippen LogP contribution in [-0.4, -0.2) is 5.55 Å². The standard InChI is InChI=1S/C12H11NS/c13-9-14-8-10-5-6-11-3-1-2-4-12(11)7-10/h1-7,9,13H,8H2. The van der Waals surface area contributed by atoms with Crippen molar-refractivity contribution in [2.45, 2.75) is 5.75 Å². The normalized spacial score (nSPS) is 10.3. The van der Waals surface area contributed by atoms with Gasteiger partial charge in [-0.15, -0.1) is 11.8 Å². The van der Waals surface area contributed by atoms with Gasteiger partial charge >= 0.3 is 0 Å². The number of rotatable bonds is 3. The molecule has 2 aromatic rings.